The van der Waals surface area contributed by atoms with Crippen LogP contribution in [-0.4, -0.2) is 43.1 Å². The molecule has 0 amide bonds. The second-order valence-electron chi connectivity index (χ2n) is 3.41. The lowest BCUT2D eigenvalue weighted by Gasteiger charge is -2.12. The predicted octanol–water partition coefficient (Wildman–Crippen LogP) is 0.436. The standard InChI is InChI=1S/C9H12N2O5S/c1-11(2)17(15,16)6-3-4-8(10-14)7(5-6)9(12)13/h3-5,10,14H,1-2H3,(H,12,13). The van der Waals surface area contributed by atoms with E-state index in [4.69, 9.17) is 10.3 Å². The molecule has 1 aromatic carbocycles. The normalized spacial score (nSPS) is 11.5. The number of hydrogen-bond acceptors (Lipinski definition) is 5. The summed E-state index contributed by atoms with van der Waals surface area (Å²) < 4.78 is 24.5. The summed E-state index contributed by atoms with van der Waals surface area (Å²) in [6, 6.07) is 3.37. The van der Waals surface area contributed by atoms with Crippen LogP contribution in [0.2, 0.25) is 0 Å². The summed E-state index contributed by atoms with van der Waals surface area (Å²) >= 11 is 0. The van der Waals surface area contributed by atoms with Crippen LogP contribution in [0.1, 0.15) is 10.4 Å². The maximum Gasteiger partial charge on any atom is 0.337 e. The summed E-state index contributed by atoms with van der Waals surface area (Å²) in [5.41, 5.74) is 1.30. The van der Waals surface area contributed by atoms with Gasteiger partial charge in [-0.25, -0.2) is 17.5 Å². The van der Waals surface area contributed by atoms with Crippen LogP contribution in [0, 0.1) is 0 Å². The highest BCUT2D eigenvalue weighted by molar-refractivity contribution is 7.89. The van der Waals surface area contributed by atoms with Crippen LogP contribution < -0.4 is 5.48 Å². The number of carboxylic acid groups (broad SMARTS) is 1. The highest BCUT2D eigenvalue weighted by atomic mass is 32.2. The van der Waals surface area contributed by atoms with E-state index in [2.05, 4.69) is 0 Å². The largest absolute Gasteiger partial charge is 0.478 e. The minimum Gasteiger partial charge on any atom is -0.478 e. The fraction of sp³-hybridized carbons (Fsp3) is 0.222. The Hall–Kier alpha value is -1.64. The first-order valence-corrected chi connectivity index (χ1v) is 5.94. The van der Waals surface area contributed by atoms with Gasteiger partial charge in [-0.1, -0.05) is 0 Å². The van der Waals surface area contributed by atoms with Crippen molar-refractivity contribution in [3.05, 3.63) is 23.8 Å². The SMILES string of the molecule is CN(C)S(=O)(=O)c1ccc(NO)c(C(=O)O)c1. The summed E-state index contributed by atoms with van der Waals surface area (Å²) in [5.74, 6) is -1.34. The van der Waals surface area contributed by atoms with Crippen LogP contribution in [0.4, 0.5) is 5.69 Å². The first kappa shape index (κ1) is 13.4. The summed E-state index contributed by atoms with van der Waals surface area (Å²) in [7, 11) is -1.01. The maximum atomic E-state index is 11.8. The van der Waals surface area contributed by atoms with E-state index in [1.54, 1.807) is 5.48 Å². The minimum atomic E-state index is -3.70. The van der Waals surface area contributed by atoms with E-state index in [0.29, 0.717) is 0 Å². The molecule has 0 spiro atoms. The number of carbonyl (C=O) groups is 1. The number of nitrogens with one attached hydrogen (secondary N) is 1. The number of sulfonamides is 1. The first-order chi connectivity index (χ1) is 7.80. The highest BCUT2D eigenvalue weighted by Crippen LogP contribution is 2.21. The molecule has 0 radical (unpaired) electrons. The lowest BCUT2D eigenvalue weighted by molar-refractivity contribution is 0.0697. The zero-order chi connectivity index (χ0) is 13.2. The molecule has 0 aliphatic heterocycles. The Kier molecular flexibility index (Phi) is 3.71. The number of aromatic carboxylic acids is 1. The molecule has 1 rings (SSSR count). The van der Waals surface area contributed by atoms with Crippen LogP contribution in [0.15, 0.2) is 23.1 Å². The number of anilines is 1. The van der Waals surface area contributed by atoms with E-state index in [1.165, 1.54) is 26.2 Å². The fourth-order valence-electron chi connectivity index (χ4n) is 1.17. The van der Waals surface area contributed by atoms with E-state index in [0.717, 1.165) is 10.4 Å². The van der Waals surface area contributed by atoms with Crippen molar-refractivity contribution in [1.82, 2.24) is 4.31 Å². The maximum absolute atomic E-state index is 11.8. The van der Waals surface area contributed by atoms with Gasteiger partial charge in [-0.3, -0.25) is 10.7 Å². The predicted molar refractivity (Wildman–Crippen MR) is 59.7 cm³/mol. The second kappa shape index (κ2) is 4.70. The Morgan fingerprint density at radius 2 is 1.94 bits per heavy atom. The Morgan fingerprint density at radius 1 is 1.35 bits per heavy atom. The van der Waals surface area contributed by atoms with Crippen molar-refractivity contribution in [2.45, 2.75) is 4.90 Å². The average molecular weight is 260 g/mol. The summed E-state index contributed by atoms with van der Waals surface area (Å²) in [6.07, 6.45) is 0. The number of carboxylic acids is 1. The highest BCUT2D eigenvalue weighted by Gasteiger charge is 2.20. The van der Waals surface area contributed by atoms with Crippen molar-refractivity contribution < 1.29 is 23.5 Å². The fourth-order valence-corrected chi connectivity index (χ4v) is 2.10. The Balaban J connectivity index is 3.41. The van der Waals surface area contributed by atoms with Gasteiger partial charge in [0.2, 0.25) is 10.0 Å². The van der Waals surface area contributed by atoms with Crippen LogP contribution in [-0.2, 0) is 10.0 Å². The van der Waals surface area contributed by atoms with Gasteiger partial charge in [0.25, 0.3) is 0 Å². The van der Waals surface area contributed by atoms with Gasteiger partial charge in [-0.15, -0.1) is 0 Å². The van der Waals surface area contributed by atoms with Crippen molar-refractivity contribution in [2.24, 2.45) is 0 Å². The van der Waals surface area contributed by atoms with Crippen LogP contribution in [0.5, 0.6) is 0 Å². The van der Waals surface area contributed by atoms with Crippen molar-refractivity contribution in [2.75, 3.05) is 19.6 Å². The third kappa shape index (κ3) is 2.54. The lowest BCUT2D eigenvalue weighted by atomic mass is 10.2. The molecule has 3 N–H and O–H groups in total. The molecular formula is C9H12N2O5S. The third-order valence-electron chi connectivity index (χ3n) is 2.12. The van der Waals surface area contributed by atoms with Gasteiger partial charge in [-0.2, -0.15) is 0 Å². The molecule has 0 saturated heterocycles. The van der Waals surface area contributed by atoms with Gasteiger partial charge in [0.15, 0.2) is 0 Å². The molecule has 17 heavy (non-hydrogen) atoms. The topological polar surface area (TPSA) is 107 Å². The smallest absolute Gasteiger partial charge is 0.337 e. The molecule has 0 aliphatic carbocycles. The van der Waals surface area contributed by atoms with Crippen molar-refractivity contribution in [3.8, 4) is 0 Å². The average Bonchev–Trinajstić information content (AvgIpc) is 2.27. The molecule has 94 valence electrons. The molecule has 8 heteroatoms. The molecule has 0 aromatic heterocycles. The molecule has 1 aromatic rings. The quantitative estimate of drug-likeness (QED) is 0.678. The van der Waals surface area contributed by atoms with E-state index in [9.17, 15) is 13.2 Å². The van der Waals surface area contributed by atoms with Crippen molar-refractivity contribution in [1.29, 1.82) is 0 Å². The van der Waals surface area contributed by atoms with Gasteiger partial charge in [0.05, 0.1) is 16.1 Å². The van der Waals surface area contributed by atoms with Crippen molar-refractivity contribution >= 4 is 21.7 Å². The van der Waals surface area contributed by atoms with Crippen LogP contribution in [0.3, 0.4) is 0 Å². The summed E-state index contributed by atoms with van der Waals surface area (Å²) in [5, 5.41) is 17.6. The monoisotopic (exact) mass is 260 g/mol. The summed E-state index contributed by atoms with van der Waals surface area (Å²) in [4.78, 5) is 10.7. The van der Waals surface area contributed by atoms with Crippen LogP contribution >= 0.6 is 0 Å². The lowest BCUT2D eigenvalue weighted by Crippen LogP contribution is -2.22. The number of nitrogens with zero attached hydrogens (tertiary/aromatic N) is 1. The molecule has 0 unspecified atom stereocenters. The van der Waals surface area contributed by atoms with E-state index >= 15 is 0 Å². The zero-order valence-electron chi connectivity index (χ0n) is 9.21. The molecule has 7 nitrogen and oxygen atoms in total. The molecule has 0 atom stereocenters. The van der Waals surface area contributed by atoms with Gasteiger partial charge in [0.1, 0.15) is 0 Å². The van der Waals surface area contributed by atoms with Gasteiger partial charge in [0, 0.05) is 14.1 Å². The van der Waals surface area contributed by atoms with Crippen molar-refractivity contribution in [3.63, 3.8) is 0 Å². The van der Waals surface area contributed by atoms with E-state index in [1.807, 2.05) is 0 Å². The van der Waals surface area contributed by atoms with Gasteiger partial charge >= 0.3 is 5.97 Å². The van der Waals surface area contributed by atoms with E-state index < -0.39 is 16.0 Å². The Labute approximate surface area is 98.3 Å². The number of benzene rings is 1. The Morgan fingerprint density at radius 3 is 2.35 bits per heavy atom. The first-order valence-electron chi connectivity index (χ1n) is 4.50. The minimum absolute atomic E-state index is 0.0739. The number of rotatable bonds is 4. The molecule has 0 saturated carbocycles. The number of hydrogen-bond donors (Lipinski definition) is 3. The molecular weight excluding hydrogens is 248 g/mol. The van der Waals surface area contributed by atoms with Gasteiger partial charge < -0.3 is 5.11 Å². The third-order valence-corrected chi connectivity index (χ3v) is 3.93. The molecule has 0 aliphatic rings. The van der Waals surface area contributed by atoms with Crippen LogP contribution in [0.25, 0.3) is 0 Å². The van der Waals surface area contributed by atoms with E-state index in [-0.39, 0.29) is 16.1 Å². The molecule has 0 heterocycles. The zero-order valence-corrected chi connectivity index (χ0v) is 10.0. The molecule has 0 fully saturated rings. The second-order valence-corrected chi connectivity index (χ2v) is 5.56. The van der Waals surface area contributed by atoms with Gasteiger partial charge in [-0.05, 0) is 18.2 Å². The summed E-state index contributed by atoms with van der Waals surface area (Å²) in [6.45, 7) is 0. The Bertz CT molecular complexity index is 538. The molecule has 0 bridgehead atoms.